The Bertz CT molecular complexity index is 320. The Balaban J connectivity index is 2.94. The summed E-state index contributed by atoms with van der Waals surface area (Å²) in [7, 11) is 0. The molecule has 1 rings (SSSR count). The molecule has 84 valence electrons. The van der Waals surface area contributed by atoms with E-state index in [4.69, 9.17) is 5.11 Å². The van der Waals surface area contributed by atoms with Crippen molar-refractivity contribution in [2.45, 2.75) is 33.1 Å². The second-order valence-electron chi connectivity index (χ2n) is 4.57. The molecule has 0 spiro atoms. The molecule has 0 saturated heterocycles. The molecule has 0 amide bonds. The highest BCUT2D eigenvalue weighted by Gasteiger charge is 2.07. The summed E-state index contributed by atoms with van der Waals surface area (Å²) in [4.78, 5) is 0. The van der Waals surface area contributed by atoms with Gasteiger partial charge in [0.25, 0.3) is 0 Å². The van der Waals surface area contributed by atoms with Crippen LogP contribution in [0.4, 0.5) is 0 Å². The van der Waals surface area contributed by atoms with Crippen LogP contribution < -0.4 is 0 Å². The van der Waals surface area contributed by atoms with E-state index in [1.165, 1.54) is 14.7 Å². The molecular formula is C13H19IO. The number of halogens is 1. The van der Waals surface area contributed by atoms with Gasteiger partial charge >= 0.3 is 0 Å². The van der Waals surface area contributed by atoms with Crippen molar-refractivity contribution < 1.29 is 5.11 Å². The summed E-state index contributed by atoms with van der Waals surface area (Å²) in [6.07, 6.45) is 1.11. The van der Waals surface area contributed by atoms with Crippen molar-refractivity contribution in [2.24, 2.45) is 5.92 Å². The average molecular weight is 318 g/mol. The molecule has 1 N–H and O–H groups in total. The third kappa shape index (κ3) is 4.11. The standard InChI is InChI=1S/C13H19IO/c1-9(2)4-11-5-12(10(3)8-15)7-13(14)6-11/h5-7,9-10,15H,4,8H2,1-3H3. The van der Waals surface area contributed by atoms with Crippen molar-refractivity contribution >= 4 is 22.6 Å². The monoisotopic (exact) mass is 318 g/mol. The normalized spacial score (nSPS) is 13.2. The minimum absolute atomic E-state index is 0.223. The van der Waals surface area contributed by atoms with Crippen LogP contribution >= 0.6 is 22.6 Å². The molecule has 0 aliphatic carbocycles. The fraction of sp³-hybridized carbons (Fsp3) is 0.538. The molecule has 15 heavy (non-hydrogen) atoms. The molecular weight excluding hydrogens is 299 g/mol. The molecule has 2 heteroatoms. The van der Waals surface area contributed by atoms with Gasteiger partial charge in [0.1, 0.15) is 0 Å². The van der Waals surface area contributed by atoms with Crippen LogP contribution in [0.3, 0.4) is 0 Å². The van der Waals surface area contributed by atoms with Crippen LogP contribution in [0.5, 0.6) is 0 Å². The van der Waals surface area contributed by atoms with Gasteiger partial charge in [0.2, 0.25) is 0 Å². The number of aliphatic hydroxyl groups is 1. The lowest BCUT2D eigenvalue weighted by Gasteiger charge is -2.12. The molecule has 0 aliphatic heterocycles. The van der Waals surface area contributed by atoms with E-state index >= 15 is 0 Å². The maximum Gasteiger partial charge on any atom is 0.0497 e. The summed E-state index contributed by atoms with van der Waals surface area (Å²) in [6.45, 7) is 6.75. The molecule has 1 atom stereocenters. The van der Waals surface area contributed by atoms with E-state index in [0.29, 0.717) is 5.92 Å². The van der Waals surface area contributed by atoms with Gasteiger partial charge in [0, 0.05) is 16.1 Å². The predicted molar refractivity (Wildman–Crippen MR) is 73.2 cm³/mol. The molecule has 0 aliphatic rings. The Morgan fingerprint density at radius 3 is 2.40 bits per heavy atom. The SMILES string of the molecule is CC(C)Cc1cc(I)cc(C(C)CO)c1. The summed E-state index contributed by atoms with van der Waals surface area (Å²) in [5.74, 6) is 0.922. The summed E-state index contributed by atoms with van der Waals surface area (Å²) >= 11 is 2.35. The van der Waals surface area contributed by atoms with Crippen LogP contribution in [0.25, 0.3) is 0 Å². The zero-order valence-electron chi connectivity index (χ0n) is 9.63. The first-order valence-corrected chi connectivity index (χ1v) is 6.51. The Labute approximate surface area is 106 Å². The van der Waals surface area contributed by atoms with Crippen LogP contribution in [0.2, 0.25) is 0 Å². The van der Waals surface area contributed by atoms with Crippen molar-refractivity contribution in [3.05, 3.63) is 32.9 Å². The third-order valence-electron chi connectivity index (χ3n) is 2.47. The molecule has 1 unspecified atom stereocenters. The van der Waals surface area contributed by atoms with Gasteiger partial charge < -0.3 is 5.11 Å². The van der Waals surface area contributed by atoms with E-state index in [9.17, 15) is 0 Å². The highest BCUT2D eigenvalue weighted by Crippen LogP contribution is 2.21. The Morgan fingerprint density at radius 1 is 1.20 bits per heavy atom. The smallest absolute Gasteiger partial charge is 0.0497 e. The van der Waals surface area contributed by atoms with Gasteiger partial charge in [-0.2, -0.15) is 0 Å². The van der Waals surface area contributed by atoms with Gasteiger partial charge in [0.15, 0.2) is 0 Å². The fourth-order valence-corrected chi connectivity index (χ4v) is 2.41. The molecule has 1 nitrogen and oxygen atoms in total. The first-order chi connectivity index (χ1) is 7.02. The van der Waals surface area contributed by atoms with Crippen LogP contribution in [0.1, 0.15) is 37.8 Å². The summed E-state index contributed by atoms with van der Waals surface area (Å²) in [5.41, 5.74) is 2.63. The average Bonchev–Trinajstić information content (AvgIpc) is 2.14. The fourth-order valence-electron chi connectivity index (χ4n) is 1.65. The van der Waals surface area contributed by atoms with E-state index in [1.807, 2.05) is 0 Å². The summed E-state index contributed by atoms with van der Waals surface area (Å²) in [6, 6.07) is 6.61. The maximum atomic E-state index is 9.15. The van der Waals surface area contributed by atoms with E-state index < -0.39 is 0 Å². The molecule has 0 aromatic heterocycles. The maximum absolute atomic E-state index is 9.15. The van der Waals surface area contributed by atoms with Gasteiger partial charge in [-0.25, -0.2) is 0 Å². The highest BCUT2D eigenvalue weighted by atomic mass is 127. The summed E-state index contributed by atoms with van der Waals surface area (Å²) < 4.78 is 1.26. The third-order valence-corrected chi connectivity index (χ3v) is 3.09. The Morgan fingerprint density at radius 2 is 1.87 bits per heavy atom. The van der Waals surface area contributed by atoms with Crippen molar-refractivity contribution in [3.8, 4) is 0 Å². The largest absolute Gasteiger partial charge is 0.396 e. The molecule has 0 saturated carbocycles. The molecule has 0 bridgehead atoms. The van der Waals surface area contributed by atoms with E-state index in [0.717, 1.165) is 6.42 Å². The van der Waals surface area contributed by atoms with Gasteiger partial charge in [-0.15, -0.1) is 0 Å². The molecule has 0 heterocycles. The predicted octanol–water partition coefficient (Wildman–Crippen LogP) is 3.59. The number of benzene rings is 1. The van der Waals surface area contributed by atoms with Gasteiger partial charge in [-0.05, 0) is 58.2 Å². The first-order valence-electron chi connectivity index (χ1n) is 5.43. The zero-order valence-corrected chi connectivity index (χ0v) is 11.8. The van der Waals surface area contributed by atoms with Crippen LogP contribution in [-0.2, 0) is 6.42 Å². The number of hydrogen-bond acceptors (Lipinski definition) is 1. The quantitative estimate of drug-likeness (QED) is 0.841. The zero-order chi connectivity index (χ0) is 11.4. The topological polar surface area (TPSA) is 20.2 Å². The lowest BCUT2D eigenvalue weighted by Crippen LogP contribution is -2.02. The minimum atomic E-state index is 0.223. The first kappa shape index (κ1) is 13.0. The van der Waals surface area contributed by atoms with E-state index in [2.05, 4.69) is 61.6 Å². The van der Waals surface area contributed by atoms with Gasteiger partial charge in [-0.1, -0.05) is 26.8 Å². The van der Waals surface area contributed by atoms with Gasteiger partial charge in [0.05, 0.1) is 0 Å². The van der Waals surface area contributed by atoms with Crippen LogP contribution in [0.15, 0.2) is 18.2 Å². The second kappa shape index (κ2) is 5.85. The van der Waals surface area contributed by atoms with E-state index in [-0.39, 0.29) is 12.5 Å². The van der Waals surface area contributed by atoms with Crippen molar-refractivity contribution in [1.82, 2.24) is 0 Å². The second-order valence-corrected chi connectivity index (χ2v) is 5.82. The van der Waals surface area contributed by atoms with Crippen molar-refractivity contribution in [1.29, 1.82) is 0 Å². The van der Waals surface area contributed by atoms with Crippen molar-refractivity contribution in [2.75, 3.05) is 6.61 Å². The Hall–Kier alpha value is -0.0900. The molecule has 0 radical (unpaired) electrons. The highest BCUT2D eigenvalue weighted by molar-refractivity contribution is 14.1. The van der Waals surface area contributed by atoms with E-state index in [1.54, 1.807) is 0 Å². The molecule has 0 fully saturated rings. The van der Waals surface area contributed by atoms with Crippen LogP contribution in [0, 0.1) is 9.49 Å². The lowest BCUT2D eigenvalue weighted by atomic mass is 9.96. The molecule has 1 aromatic carbocycles. The summed E-state index contributed by atoms with van der Waals surface area (Å²) in [5, 5.41) is 9.15. The number of rotatable bonds is 4. The number of hydrogen-bond donors (Lipinski definition) is 1. The Kier molecular flexibility index (Phi) is 5.06. The van der Waals surface area contributed by atoms with Gasteiger partial charge in [-0.3, -0.25) is 0 Å². The minimum Gasteiger partial charge on any atom is -0.396 e. The number of aliphatic hydroxyl groups excluding tert-OH is 1. The van der Waals surface area contributed by atoms with Crippen molar-refractivity contribution in [3.63, 3.8) is 0 Å². The molecule has 1 aromatic rings. The lowest BCUT2D eigenvalue weighted by molar-refractivity contribution is 0.273. The van der Waals surface area contributed by atoms with Crippen LogP contribution in [-0.4, -0.2) is 11.7 Å².